The lowest BCUT2D eigenvalue weighted by Crippen LogP contribution is -2.30. The molecular weight excluding hydrogens is 412 g/mol. The number of unbranched alkanes of at least 4 members (excludes halogenated alkanes) is 13. The smallest absolute Gasteiger partial charge is 0.239 e. The second-order valence-corrected chi connectivity index (χ2v) is 8.73. The Morgan fingerprint density at radius 1 is 0.821 bits per heavy atom. The van der Waals surface area contributed by atoms with E-state index in [1.54, 1.807) is 0 Å². The highest BCUT2D eigenvalue weighted by Crippen LogP contribution is 2.15. The molecule has 0 saturated carbocycles. The highest BCUT2D eigenvalue weighted by molar-refractivity contribution is 9.10. The zero-order chi connectivity index (χ0) is 20.3. The van der Waals surface area contributed by atoms with E-state index in [0.717, 1.165) is 23.1 Å². The van der Waals surface area contributed by atoms with Gasteiger partial charge in [-0.05, 0) is 24.6 Å². The van der Waals surface area contributed by atoms with Crippen molar-refractivity contribution in [1.82, 2.24) is 5.32 Å². The molecule has 0 unspecified atom stereocenters. The molecule has 0 aliphatic heterocycles. The maximum Gasteiger partial charge on any atom is 0.239 e. The summed E-state index contributed by atoms with van der Waals surface area (Å²) in [6, 6.07) is 7.87. The van der Waals surface area contributed by atoms with Crippen LogP contribution < -0.4 is 10.6 Å². The molecule has 0 spiro atoms. The molecule has 0 radical (unpaired) electrons. The lowest BCUT2D eigenvalue weighted by atomic mass is 10.0. The molecule has 0 heterocycles. The summed E-state index contributed by atoms with van der Waals surface area (Å²) >= 11 is 3.43. The predicted molar refractivity (Wildman–Crippen MR) is 126 cm³/mol. The maximum absolute atomic E-state index is 11.8. The number of benzene rings is 1. The Morgan fingerprint density at radius 3 is 1.89 bits per heavy atom. The quantitative estimate of drug-likeness (QED) is 0.227. The van der Waals surface area contributed by atoms with Crippen LogP contribution in [0.5, 0.6) is 0 Å². The fourth-order valence-corrected chi connectivity index (χ4v) is 3.79. The third-order valence-electron chi connectivity index (χ3n) is 5.13. The van der Waals surface area contributed by atoms with Crippen LogP contribution in [0.25, 0.3) is 0 Å². The van der Waals surface area contributed by atoms with E-state index in [4.69, 9.17) is 0 Å². The van der Waals surface area contributed by atoms with Crippen molar-refractivity contribution in [3.05, 3.63) is 28.7 Å². The Hall–Kier alpha value is -1.03. The third-order valence-corrected chi connectivity index (χ3v) is 5.62. The number of hydrogen-bond donors (Lipinski definition) is 2. The summed E-state index contributed by atoms with van der Waals surface area (Å²) in [6.07, 6.45) is 19.0. The minimum absolute atomic E-state index is 0.0645. The minimum atomic E-state index is 0.0645. The van der Waals surface area contributed by atoms with E-state index in [-0.39, 0.29) is 5.91 Å². The number of hydrogen-bond acceptors (Lipinski definition) is 2. The molecule has 160 valence electrons. The second-order valence-electron chi connectivity index (χ2n) is 7.81. The molecule has 1 rings (SSSR count). The van der Waals surface area contributed by atoms with Crippen LogP contribution in [-0.4, -0.2) is 19.0 Å². The molecule has 3 nitrogen and oxygen atoms in total. The van der Waals surface area contributed by atoms with E-state index in [1.807, 2.05) is 24.3 Å². The summed E-state index contributed by atoms with van der Waals surface area (Å²) in [4.78, 5) is 11.8. The van der Waals surface area contributed by atoms with E-state index in [0.29, 0.717) is 6.54 Å². The second kappa shape index (κ2) is 18.0. The number of carbonyl (C=O) groups excluding carboxylic acids is 1. The lowest BCUT2D eigenvalue weighted by molar-refractivity contribution is -0.119. The van der Waals surface area contributed by atoms with Crippen molar-refractivity contribution in [2.24, 2.45) is 0 Å². The zero-order valence-electron chi connectivity index (χ0n) is 17.9. The number of halogens is 1. The normalized spacial score (nSPS) is 10.8. The van der Waals surface area contributed by atoms with Crippen LogP contribution in [0.1, 0.15) is 96.8 Å². The van der Waals surface area contributed by atoms with E-state index in [9.17, 15) is 4.79 Å². The van der Waals surface area contributed by atoms with E-state index >= 15 is 0 Å². The number of anilines is 1. The molecule has 28 heavy (non-hydrogen) atoms. The van der Waals surface area contributed by atoms with Gasteiger partial charge in [-0.25, -0.2) is 0 Å². The summed E-state index contributed by atoms with van der Waals surface area (Å²) in [5.41, 5.74) is 0.959. The van der Waals surface area contributed by atoms with Gasteiger partial charge in [-0.15, -0.1) is 0 Å². The Morgan fingerprint density at radius 2 is 1.36 bits per heavy atom. The first-order valence-electron chi connectivity index (χ1n) is 11.5. The van der Waals surface area contributed by atoms with Gasteiger partial charge in [0.2, 0.25) is 5.91 Å². The van der Waals surface area contributed by atoms with Gasteiger partial charge in [-0.2, -0.15) is 0 Å². The van der Waals surface area contributed by atoms with Crippen molar-refractivity contribution in [2.75, 3.05) is 18.4 Å². The molecule has 4 heteroatoms. The van der Waals surface area contributed by atoms with Gasteiger partial charge in [-0.1, -0.05) is 112 Å². The first-order chi connectivity index (χ1) is 13.7. The third kappa shape index (κ3) is 15.0. The van der Waals surface area contributed by atoms with Crippen molar-refractivity contribution >= 4 is 27.5 Å². The minimum Gasteiger partial charge on any atom is -0.376 e. The van der Waals surface area contributed by atoms with E-state index in [2.05, 4.69) is 33.5 Å². The first-order valence-corrected chi connectivity index (χ1v) is 12.3. The average Bonchev–Trinajstić information content (AvgIpc) is 2.69. The van der Waals surface area contributed by atoms with Gasteiger partial charge in [-0.3, -0.25) is 4.79 Å². The molecule has 0 atom stereocenters. The molecule has 0 aliphatic carbocycles. The van der Waals surface area contributed by atoms with Gasteiger partial charge >= 0.3 is 0 Å². The first kappa shape index (κ1) is 25.0. The van der Waals surface area contributed by atoms with Crippen molar-refractivity contribution in [3.8, 4) is 0 Å². The summed E-state index contributed by atoms with van der Waals surface area (Å²) < 4.78 is 1.01. The molecule has 1 aromatic rings. The van der Waals surface area contributed by atoms with Gasteiger partial charge in [0.25, 0.3) is 0 Å². The van der Waals surface area contributed by atoms with E-state index < -0.39 is 0 Å². The van der Waals surface area contributed by atoms with Gasteiger partial charge in [0, 0.05) is 16.7 Å². The summed E-state index contributed by atoms with van der Waals surface area (Å²) in [5.74, 6) is 0.0645. The topological polar surface area (TPSA) is 41.1 Å². The Labute approximate surface area is 181 Å². The maximum atomic E-state index is 11.8. The molecule has 1 amide bonds. The summed E-state index contributed by atoms with van der Waals surface area (Å²) in [6.45, 7) is 3.39. The van der Waals surface area contributed by atoms with Crippen molar-refractivity contribution in [2.45, 2.75) is 96.8 Å². The van der Waals surface area contributed by atoms with Crippen LogP contribution in [-0.2, 0) is 4.79 Å². The molecular formula is C24H41BrN2O. The fourth-order valence-electron chi connectivity index (χ4n) is 3.39. The zero-order valence-corrected chi connectivity index (χ0v) is 19.5. The number of nitrogens with one attached hydrogen (secondary N) is 2. The van der Waals surface area contributed by atoms with Crippen LogP contribution in [0.4, 0.5) is 5.69 Å². The largest absolute Gasteiger partial charge is 0.376 e. The molecule has 0 fully saturated rings. The molecule has 0 bridgehead atoms. The average molecular weight is 454 g/mol. The standard InChI is InChI=1S/C24H41BrN2O/c1-2-3-4-5-6-7-8-9-10-11-12-13-14-15-19-26-24(28)21-27-23-18-16-17-22(25)20-23/h16-18,20,27H,2-15,19,21H2,1H3,(H,26,28). The Bertz CT molecular complexity index is 507. The number of carbonyl (C=O) groups is 1. The molecule has 2 N–H and O–H groups in total. The van der Waals surface area contributed by atoms with Crippen LogP contribution in [0.2, 0.25) is 0 Å². The Kier molecular flexibility index (Phi) is 16.1. The van der Waals surface area contributed by atoms with Gasteiger partial charge in [0.05, 0.1) is 6.54 Å². The molecule has 0 aliphatic rings. The summed E-state index contributed by atoms with van der Waals surface area (Å²) in [5, 5.41) is 6.14. The highest BCUT2D eigenvalue weighted by Gasteiger charge is 2.01. The van der Waals surface area contributed by atoms with Crippen molar-refractivity contribution < 1.29 is 4.79 Å². The van der Waals surface area contributed by atoms with Gasteiger partial charge in [0.15, 0.2) is 0 Å². The van der Waals surface area contributed by atoms with Crippen molar-refractivity contribution in [3.63, 3.8) is 0 Å². The number of rotatable bonds is 18. The van der Waals surface area contributed by atoms with E-state index in [1.165, 1.54) is 83.5 Å². The summed E-state index contributed by atoms with van der Waals surface area (Å²) in [7, 11) is 0. The fraction of sp³-hybridized carbons (Fsp3) is 0.708. The molecule has 0 saturated heterocycles. The van der Waals surface area contributed by atoms with Gasteiger partial charge in [0.1, 0.15) is 0 Å². The number of amides is 1. The van der Waals surface area contributed by atoms with Crippen LogP contribution in [0.3, 0.4) is 0 Å². The van der Waals surface area contributed by atoms with Gasteiger partial charge < -0.3 is 10.6 Å². The van der Waals surface area contributed by atoms with Crippen LogP contribution in [0.15, 0.2) is 28.7 Å². The van der Waals surface area contributed by atoms with Crippen LogP contribution >= 0.6 is 15.9 Å². The van der Waals surface area contributed by atoms with Crippen LogP contribution in [0, 0.1) is 0 Å². The highest BCUT2D eigenvalue weighted by atomic mass is 79.9. The monoisotopic (exact) mass is 452 g/mol. The predicted octanol–water partition coefficient (Wildman–Crippen LogP) is 7.46. The lowest BCUT2D eigenvalue weighted by Gasteiger charge is -2.08. The molecule has 1 aromatic carbocycles. The Balaban J connectivity index is 1.80. The SMILES string of the molecule is CCCCCCCCCCCCCCCCNC(=O)CNc1cccc(Br)c1. The van der Waals surface area contributed by atoms with Crippen molar-refractivity contribution in [1.29, 1.82) is 0 Å². The molecule has 0 aromatic heterocycles.